The van der Waals surface area contributed by atoms with Gasteiger partial charge >= 0.3 is 0 Å². The molecule has 1 aromatic heterocycles. The third kappa shape index (κ3) is 15.5. The molecular formula is C46H75N2+. The highest BCUT2D eigenvalue weighted by atomic mass is 15.1. The molecule has 0 aliphatic rings. The van der Waals surface area contributed by atoms with Crippen LogP contribution in [-0.2, 0) is 18.4 Å². The number of nitrogens with one attached hydrogen (secondary N) is 1. The molecule has 2 aromatic carbocycles. The Morgan fingerprint density at radius 3 is 1.48 bits per heavy atom. The van der Waals surface area contributed by atoms with Gasteiger partial charge in [0.2, 0.25) is 0 Å². The first-order valence-corrected chi connectivity index (χ1v) is 20.8. The van der Waals surface area contributed by atoms with Crippen molar-refractivity contribution < 1.29 is 4.57 Å². The van der Waals surface area contributed by atoms with E-state index in [0.29, 0.717) is 5.92 Å². The first kappa shape index (κ1) is 40.1. The number of rotatable bonds is 30. The fourth-order valence-corrected chi connectivity index (χ4v) is 8.03. The van der Waals surface area contributed by atoms with Crippen LogP contribution in [0.25, 0.3) is 0 Å². The van der Waals surface area contributed by atoms with E-state index in [-0.39, 0.29) is 5.41 Å². The first-order chi connectivity index (χ1) is 23.7. The minimum Gasteiger partial charge on any atom is -0.247 e. The van der Waals surface area contributed by atoms with E-state index in [4.69, 9.17) is 0 Å². The fraction of sp³-hybridized carbons (Fsp3) is 0.674. The average Bonchev–Trinajstić information content (AvgIpc) is 3.58. The molecule has 2 unspecified atom stereocenters. The van der Waals surface area contributed by atoms with Crippen LogP contribution in [0.5, 0.6) is 0 Å². The van der Waals surface area contributed by atoms with E-state index in [1.54, 1.807) is 0 Å². The number of unbranched alkanes of at least 4 members (excludes halogenated alkanes) is 21. The quantitative estimate of drug-likeness (QED) is 0.0545. The van der Waals surface area contributed by atoms with Crippen molar-refractivity contribution in [1.82, 2.24) is 4.98 Å². The van der Waals surface area contributed by atoms with Gasteiger partial charge in [0.1, 0.15) is 12.4 Å². The number of aryl methyl sites for hydroxylation is 1. The molecule has 0 saturated carbocycles. The van der Waals surface area contributed by atoms with E-state index in [0.717, 1.165) is 13.0 Å². The smallest absolute Gasteiger partial charge is 0.247 e. The summed E-state index contributed by atoms with van der Waals surface area (Å²) in [4.78, 5) is 3.81. The summed E-state index contributed by atoms with van der Waals surface area (Å²) >= 11 is 0. The van der Waals surface area contributed by atoms with Crippen molar-refractivity contribution in [3.63, 3.8) is 0 Å². The summed E-state index contributed by atoms with van der Waals surface area (Å²) in [6, 6.07) is 22.6. The third-order valence-corrected chi connectivity index (χ3v) is 11.1. The number of benzene rings is 2. The second-order valence-corrected chi connectivity index (χ2v) is 15.3. The van der Waals surface area contributed by atoms with Gasteiger partial charge in [-0.2, -0.15) is 0 Å². The van der Waals surface area contributed by atoms with Crippen LogP contribution in [0.1, 0.15) is 198 Å². The van der Waals surface area contributed by atoms with Gasteiger partial charge in [0.25, 0.3) is 5.82 Å². The number of aromatic amines is 1. The summed E-state index contributed by atoms with van der Waals surface area (Å²) in [5, 5.41) is 0. The Morgan fingerprint density at radius 2 is 0.979 bits per heavy atom. The summed E-state index contributed by atoms with van der Waals surface area (Å²) in [5.74, 6) is 1.87. The lowest BCUT2D eigenvalue weighted by Gasteiger charge is -2.37. The van der Waals surface area contributed by atoms with E-state index in [1.165, 1.54) is 171 Å². The van der Waals surface area contributed by atoms with E-state index in [2.05, 4.69) is 103 Å². The summed E-state index contributed by atoms with van der Waals surface area (Å²) in [6.45, 7) is 8.29. The molecule has 1 N–H and O–H groups in total. The van der Waals surface area contributed by atoms with Gasteiger partial charge in [0, 0.05) is 5.41 Å². The van der Waals surface area contributed by atoms with E-state index in [9.17, 15) is 0 Å². The average molecular weight is 656 g/mol. The monoisotopic (exact) mass is 656 g/mol. The zero-order valence-corrected chi connectivity index (χ0v) is 31.8. The second-order valence-electron chi connectivity index (χ2n) is 15.3. The maximum absolute atomic E-state index is 3.81. The van der Waals surface area contributed by atoms with Gasteiger partial charge in [-0.3, -0.25) is 0 Å². The molecule has 0 bridgehead atoms. The first-order valence-electron chi connectivity index (χ1n) is 20.8. The van der Waals surface area contributed by atoms with Crippen molar-refractivity contribution in [2.24, 2.45) is 0 Å². The maximum atomic E-state index is 3.81. The molecule has 0 saturated heterocycles. The van der Waals surface area contributed by atoms with Crippen LogP contribution in [0.4, 0.5) is 0 Å². The van der Waals surface area contributed by atoms with Crippen LogP contribution in [0.15, 0.2) is 73.1 Å². The van der Waals surface area contributed by atoms with Crippen molar-refractivity contribution in [3.8, 4) is 0 Å². The Kier molecular flexibility index (Phi) is 21.4. The molecule has 268 valence electrons. The number of H-pyrrole nitrogens is 1. The molecule has 48 heavy (non-hydrogen) atoms. The normalized spacial score (nSPS) is 13.5. The summed E-state index contributed by atoms with van der Waals surface area (Å²) in [6.07, 6.45) is 39.0. The van der Waals surface area contributed by atoms with Gasteiger partial charge in [-0.1, -0.05) is 216 Å². The number of imidazole rings is 1. The van der Waals surface area contributed by atoms with Gasteiger partial charge in [0.15, 0.2) is 0 Å². The van der Waals surface area contributed by atoms with Crippen molar-refractivity contribution in [2.75, 3.05) is 0 Å². The van der Waals surface area contributed by atoms with Crippen molar-refractivity contribution in [3.05, 3.63) is 90.0 Å². The molecule has 2 heteroatoms. The van der Waals surface area contributed by atoms with Gasteiger partial charge in [-0.25, -0.2) is 9.55 Å². The van der Waals surface area contributed by atoms with Gasteiger partial charge in [-0.15, -0.1) is 0 Å². The molecule has 3 aromatic rings. The molecule has 0 aliphatic heterocycles. The Bertz CT molecular complexity index is 1140. The molecule has 0 aliphatic carbocycles. The Morgan fingerprint density at radius 1 is 0.542 bits per heavy atom. The van der Waals surface area contributed by atoms with E-state index in [1.807, 2.05) is 0 Å². The largest absolute Gasteiger partial charge is 0.258 e. The molecule has 0 radical (unpaired) electrons. The number of aromatic nitrogens is 2. The van der Waals surface area contributed by atoms with Crippen LogP contribution in [-0.4, -0.2) is 4.98 Å². The molecule has 2 atom stereocenters. The van der Waals surface area contributed by atoms with Crippen molar-refractivity contribution in [2.45, 2.75) is 199 Å². The Labute approximate surface area is 297 Å². The minimum atomic E-state index is 0.00484. The summed E-state index contributed by atoms with van der Waals surface area (Å²) in [7, 11) is 0. The fourth-order valence-electron chi connectivity index (χ4n) is 8.03. The predicted molar refractivity (Wildman–Crippen MR) is 210 cm³/mol. The molecule has 0 amide bonds. The van der Waals surface area contributed by atoms with Gasteiger partial charge in [-0.05, 0) is 36.8 Å². The van der Waals surface area contributed by atoms with Crippen molar-refractivity contribution in [1.29, 1.82) is 0 Å². The lowest BCUT2D eigenvalue weighted by atomic mass is 9.66. The highest BCUT2D eigenvalue weighted by Crippen LogP contribution is 2.43. The van der Waals surface area contributed by atoms with E-state index >= 15 is 0 Å². The third-order valence-electron chi connectivity index (χ3n) is 11.1. The SMILES string of the molecule is CCCCCCCCCCCCCCCC[n+]1cc[nH]c1C(CCCCCCCCCCC)C(C)(Cc1ccccc1)c1ccccc1. The van der Waals surface area contributed by atoms with Crippen molar-refractivity contribution >= 4 is 0 Å². The molecule has 0 fully saturated rings. The van der Waals surface area contributed by atoms with Crippen LogP contribution in [0, 0.1) is 0 Å². The van der Waals surface area contributed by atoms with Crippen LogP contribution in [0.3, 0.4) is 0 Å². The standard InChI is InChI=1S/C46H74N2/c1-4-6-8-10-12-14-15-16-17-18-20-22-24-32-39-48-40-38-47-45(48)44(37-31-23-21-19-13-11-9-7-5-2)46(3,43-35-29-26-30-36-43)41-42-33-27-25-28-34-42/h25-30,33-36,38,40,44H,4-24,31-32,37,39,41H2,1-3H3/p+1. The second kappa shape index (κ2) is 25.6. The minimum absolute atomic E-state index is 0.00484. The van der Waals surface area contributed by atoms with Gasteiger partial charge in [0.05, 0.1) is 12.5 Å². The topological polar surface area (TPSA) is 19.7 Å². The summed E-state index contributed by atoms with van der Waals surface area (Å²) in [5.41, 5.74) is 2.91. The molecular weight excluding hydrogens is 581 g/mol. The number of nitrogens with zero attached hydrogens (tertiary/aromatic N) is 1. The highest BCUT2D eigenvalue weighted by molar-refractivity contribution is 5.32. The van der Waals surface area contributed by atoms with Crippen LogP contribution in [0.2, 0.25) is 0 Å². The van der Waals surface area contributed by atoms with Gasteiger partial charge < -0.3 is 0 Å². The zero-order valence-electron chi connectivity index (χ0n) is 31.8. The van der Waals surface area contributed by atoms with Crippen LogP contribution < -0.4 is 4.57 Å². The maximum Gasteiger partial charge on any atom is 0.258 e. The lowest BCUT2D eigenvalue weighted by Crippen LogP contribution is -2.43. The highest BCUT2D eigenvalue weighted by Gasteiger charge is 2.41. The molecule has 3 rings (SSSR count). The molecule has 1 heterocycles. The number of hydrogen-bond acceptors (Lipinski definition) is 0. The zero-order chi connectivity index (χ0) is 34.0. The molecule has 0 spiro atoms. The summed E-state index contributed by atoms with van der Waals surface area (Å²) < 4.78 is 2.59. The molecule has 2 nitrogen and oxygen atoms in total. The Hall–Kier alpha value is -2.35. The lowest BCUT2D eigenvalue weighted by molar-refractivity contribution is -0.705. The number of hydrogen-bond donors (Lipinski definition) is 1. The van der Waals surface area contributed by atoms with Crippen LogP contribution >= 0.6 is 0 Å². The van der Waals surface area contributed by atoms with E-state index < -0.39 is 0 Å². The predicted octanol–water partition coefficient (Wildman–Crippen LogP) is 14.0. The Balaban J connectivity index is 1.56.